The molecule has 0 rings (SSSR count). The Morgan fingerprint density at radius 1 is 1.33 bits per heavy atom. The summed E-state index contributed by atoms with van der Waals surface area (Å²) in [6.45, 7) is 4.20. The Morgan fingerprint density at radius 3 is 2.27 bits per heavy atom. The highest BCUT2D eigenvalue weighted by atomic mass is 19.4. The minimum Gasteiger partial charge on any atom is -0.380 e. The Hall–Kier alpha value is -0.510. The first kappa shape index (κ1) is 14.5. The van der Waals surface area contributed by atoms with E-state index in [2.05, 4.69) is 0 Å². The molecule has 0 aromatic rings. The maximum atomic E-state index is 12.4. The Labute approximate surface area is 89.0 Å². The number of halogens is 3. The second-order valence-electron chi connectivity index (χ2n) is 4.00. The van der Waals surface area contributed by atoms with E-state index in [-0.39, 0.29) is 0 Å². The van der Waals surface area contributed by atoms with Gasteiger partial charge in [0.05, 0.1) is 0 Å². The number of hydrogen-bond donors (Lipinski definition) is 1. The normalized spacial score (nSPS) is 19.1. The molecular formula is C11H19F3O. The van der Waals surface area contributed by atoms with Gasteiger partial charge < -0.3 is 5.11 Å². The standard InChI is InChI=1S/C11H19F3O/c1-4-5-6-7-8-9(2)10(3,15)11(12,13)14/h7-9,15H,4-6H2,1-3H3/b8-7+. The summed E-state index contributed by atoms with van der Waals surface area (Å²) >= 11 is 0. The van der Waals surface area contributed by atoms with Crippen molar-refractivity contribution in [3.63, 3.8) is 0 Å². The molecule has 0 saturated heterocycles. The minimum absolute atomic E-state index is 0.759. The fourth-order valence-corrected chi connectivity index (χ4v) is 1.07. The number of allylic oxidation sites excluding steroid dienone is 1. The highest BCUT2D eigenvalue weighted by molar-refractivity contribution is 4.98. The van der Waals surface area contributed by atoms with Crippen LogP contribution in [0.3, 0.4) is 0 Å². The molecule has 0 bridgehead atoms. The lowest BCUT2D eigenvalue weighted by Gasteiger charge is -2.30. The van der Waals surface area contributed by atoms with Gasteiger partial charge in [0, 0.05) is 5.92 Å². The van der Waals surface area contributed by atoms with Gasteiger partial charge in [0.15, 0.2) is 5.60 Å². The zero-order valence-corrected chi connectivity index (χ0v) is 9.43. The second kappa shape index (κ2) is 5.54. The van der Waals surface area contributed by atoms with Gasteiger partial charge in [-0.3, -0.25) is 0 Å². The van der Waals surface area contributed by atoms with Crippen LogP contribution in [-0.4, -0.2) is 16.9 Å². The topological polar surface area (TPSA) is 20.2 Å². The lowest BCUT2D eigenvalue weighted by atomic mass is 9.89. The average molecular weight is 224 g/mol. The Morgan fingerprint density at radius 2 is 1.87 bits per heavy atom. The first-order valence-corrected chi connectivity index (χ1v) is 5.19. The van der Waals surface area contributed by atoms with Crippen molar-refractivity contribution in [2.75, 3.05) is 0 Å². The van der Waals surface area contributed by atoms with Crippen molar-refractivity contribution in [1.82, 2.24) is 0 Å². The molecule has 0 aliphatic rings. The lowest BCUT2D eigenvalue weighted by molar-refractivity contribution is -0.264. The summed E-state index contributed by atoms with van der Waals surface area (Å²) < 4.78 is 37.1. The van der Waals surface area contributed by atoms with E-state index >= 15 is 0 Å². The summed E-state index contributed by atoms with van der Waals surface area (Å²) in [5.41, 5.74) is -2.64. The number of hydrogen-bond acceptors (Lipinski definition) is 1. The molecule has 0 heterocycles. The van der Waals surface area contributed by atoms with E-state index in [4.69, 9.17) is 0 Å². The van der Waals surface area contributed by atoms with Gasteiger partial charge in [0.2, 0.25) is 0 Å². The molecule has 1 N–H and O–H groups in total. The maximum Gasteiger partial charge on any atom is 0.417 e. The van der Waals surface area contributed by atoms with Gasteiger partial charge in [-0.05, 0) is 13.3 Å². The van der Waals surface area contributed by atoms with E-state index in [0.29, 0.717) is 0 Å². The van der Waals surface area contributed by atoms with Crippen molar-refractivity contribution in [3.05, 3.63) is 12.2 Å². The van der Waals surface area contributed by atoms with Crippen LogP contribution >= 0.6 is 0 Å². The maximum absolute atomic E-state index is 12.4. The van der Waals surface area contributed by atoms with Gasteiger partial charge in [-0.25, -0.2) is 0 Å². The predicted molar refractivity (Wildman–Crippen MR) is 54.5 cm³/mol. The molecule has 1 nitrogen and oxygen atoms in total. The van der Waals surface area contributed by atoms with Crippen LogP contribution in [0.4, 0.5) is 13.2 Å². The van der Waals surface area contributed by atoms with Crippen LogP contribution in [-0.2, 0) is 0 Å². The molecule has 0 aromatic carbocycles. The fraction of sp³-hybridized carbons (Fsp3) is 0.818. The first-order valence-electron chi connectivity index (χ1n) is 5.19. The highest BCUT2D eigenvalue weighted by Crippen LogP contribution is 2.36. The van der Waals surface area contributed by atoms with Crippen LogP contribution in [0.25, 0.3) is 0 Å². The molecule has 0 fully saturated rings. The largest absolute Gasteiger partial charge is 0.417 e. The van der Waals surface area contributed by atoms with Crippen LogP contribution < -0.4 is 0 Å². The number of alkyl halides is 3. The zero-order chi connectivity index (χ0) is 12.1. The Kier molecular flexibility index (Phi) is 5.35. The van der Waals surface area contributed by atoms with Gasteiger partial charge in [-0.1, -0.05) is 38.8 Å². The summed E-state index contributed by atoms with van der Waals surface area (Å²) in [6.07, 6.45) is 1.28. The summed E-state index contributed by atoms with van der Waals surface area (Å²) in [5.74, 6) is -0.922. The van der Waals surface area contributed by atoms with Gasteiger partial charge in [0.25, 0.3) is 0 Å². The third-order valence-electron chi connectivity index (χ3n) is 2.61. The average Bonchev–Trinajstić information content (AvgIpc) is 2.10. The van der Waals surface area contributed by atoms with E-state index in [1.54, 1.807) is 6.08 Å². The molecule has 0 aromatic heterocycles. The molecule has 0 saturated carbocycles. The van der Waals surface area contributed by atoms with E-state index in [9.17, 15) is 18.3 Å². The molecule has 0 aliphatic carbocycles. The van der Waals surface area contributed by atoms with Gasteiger partial charge in [-0.2, -0.15) is 13.2 Å². The minimum atomic E-state index is -4.58. The summed E-state index contributed by atoms with van der Waals surface area (Å²) in [7, 11) is 0. The predicted octanol–water partition coefficient (Wildman–Crippen LogP) is 3.68. The lowest BCUT2D eigenvalue weighted by Crippen LogP contribution is -2.47. The van der Waals surface area contributed by atoms with E-state index < -0.39 is 17.7 Å². The van der Waals surface area contributed by atoms with Crippen LogP contribution in [0.15, 0.2) is 12.2 Å². The molecule has 0 radical (unpaired) electrons. The van der Waals surface area contributed by atoms with Crippen molar-refractivity contribution >= 4 is 0 Å². The van der Waals surface area contributed by atoms with Crippen LogP contribution in [0.5, 0.6) is 0 Å². The Bertz CT molecular complexity index is 206. The van der Waals surface area contributed by atoms with Crippen molar-refractivity contribution < 1.29 is 18.3 Å². The van der Waals surface area contributed by atoms with Crippen molar-refractivity contribution in [1.29, 1.82) is 0 Å². The van der Waals surface area contributed by atoms with Crippen LogP contribution in [0.1, 0.15) is 40.0 Å². The third-order valence-corrected chi connectivity index (χ3v) is 2.61. The van der Waals surface area contributed by atoms with Gasteiger partial charge in [0.1, 0.15) is 0 Å². The summed E-state index contributed by atoms with van der Waals surface area (Å²) in [5, 5.41) is 9.30. The molecule has 0 aliphatic heterocycles. The monoisotopic (exact) mass is 224 g/mol. The molecular weight excluding hydrogens is 205 g/mol. The quantitative estimate of drug-likeness (QED) is 0.558. The second-order valence-corrected chi connectivity index (χ2v) is 4.00. The fourth-order valence-electron chi connectivity index (χ4n) is 1.07. The molecule has 90 valence electrons. The molecule has 0 amide bonds. The number of aliphatic hydroxyl groups is 1. The smallest absolute Gasteiger partial charge is 0.380 e. The molecule has 4 heteroatoms. The van der Waals surface area contributed by atoms with Gasteiger partial charge in [-0.15, -0.1) is 0 Å². The summed E-state index contributed by atoms with van der Waals surface area (Å²) in [4.78, 5) is 0. The van der Waals surface area contributed by atoms with Crippen LogP contribution in [0.2, 0.25) is 0 Å². The van der Waals surface area contributed by atoms with Crippen molar-refractivity contribution in [2.24, 2.45) is 5.92 Å². The van der Waals surface area contributed by atoms with E-state index in [0.717, 1.165) is 26.2 Å². The Balaban J connectivity index is 4.31. The zero-order valence-electron chi connectivity index (χ0n) is 9.43. The first-order chi connectivity index (χ1) is 6.73. The number of unbranched alkanes of at least 4 members (excludes halogenated alkanes) is 2. The molecule has 2 unspecified atom stereocenters. The van der Waals surface area contributed by atoms with Gasteiger partial charge >= 0.3 is 6.18 Å². The molecule has 0 spiro atoms. The highest BCUT2D eigenvalue weighted by Gasteiger charge is 2.52. The molecule has 2 atom stereocenters. The van der Waals surface area contributed by atoms with E-state index in [1.807, 2.05) is 6.92 Å². The SMILES string of the molecule is CCCC/C=C/C(C)C(C)(O)C(F)(F)F. The van der Waals surface area contributed by atoms with Crippen molar-refractivity contribution in [3.8, 4) is 0 Å². The third kappa shape index (κ3) is 4.24. The summed E-state index contributed by atoms with van der Waals surface area (Å²) in [6, 6.07) is 0. The molecule has 15 heavy (non-hydrogen) atoms. The number of rotatable bonds is 5. The van der Waals surface area contributed by atoms with Crippen molar-refractivity contribution in [2.45, 2.75) is 51.8 Å². The van der Waals surface area contributed by atoms with Crippen LogP contribution in [0, 0.1) is 5.92 Å². The van der Waals surface area contributed by atoms with E-state index in [1.165, 1.54) is 13.0 Å².